The Morgan fingerprint density at radius 1 is 1.32 bits per heavy atom. The van der Waals surface area contributed by atoms with Gasteiger partial charge < -0.3 is 15.4 Å². The molecule has 2 rings (SSSR count). The van der Waals surface area contributed by atoms with Gasteiger partial charge in [0.15, 0.2) is 0 Å². The van der Waals surface area contributed by atoms with Gasteiger partial charge in [0.2, 0.25) is 5.91 Å². The zero-order chi connectivity index (χ0) is 16.3. The second-order valence-electron chi connectivity index (χ2n) is 6.86. The molecule has 1 fully saturated rings. The van der Waals surface area contributed by atoms with Crippen molar-refractivity contribution in [1.82, 2.24) is 5.32 Å². The molecular formula is C17H24N2O3. The van der Waals surface area contributed by atoms with E-state index in [4.69, 9.17) is 4.74 Å². The molecule has 1 aliphatic rings. The SMILES string of the molecule is CC1CC1C(=O)Nc1cccc(CNC(=O)OC(C)(C)C)c1. The van der Waals surface area contributed by atoms with Crippen LogP contribution < -0.4 is 10.6 Å². The molecule has 5 heteroatoms. The topological polar surface area (TPSA) is 67.4 Å². The van der Waals surface area contributed by atoms with Crippen molar-refractivity contribution < 1.29 is 14.3 Å². The fraction of sp³-hybridized carbons (Fsp3) is 0.529. The maximum absolute atomic E-state index is 11.9. The molecule has 1 aliphatic carbocycles. The Labute approximate surface area is 131 Å². The molecule has 1 saturated carbocycles. The summed E-state index contributed by atoms with van der Waals surface area (Å²) in [6, 6.07) is 7.47. The number of benzene rings is 1. The summed E-state index contributed by atoms with van der Waals surface area (Å²) in [4.78, 5) is 23.5. The molecular weight excluding hydrogens is 280 g/mol. The molecule has 0 bridgehead atoms. The molecule has 1 aromatic rings. The second-order valence-corrected chi connectivity index (χ2v) is 6.86. The summed E-state index contributed by atoms with van der Waals surface area (Å²) in [5.74, 6) is 0.699. The first kappa shape index (κ1) is 16.3. The molecule has 0 heterocycles. The number of anilines is 1. The van der Waals surface area contributed by atoms with Crippen molar-refractivity contribution in [3.63, 3.8) is 0 Å². The van der Waals surface area contributed by atoms with Crippen LogP contribution in [0.25, 0.3) is 0 Å². The van der Waals surface area contributed by atoms with E-state index < -0.39 is 11.7 Å². The van der Waals surface area contributed by atoms with Crippen LogP contribution in [0.2, 0.25) is 0 Å². The van der Waals surface area contributed by atoms with Gasteiger partial charge in [0.05, 0.1) is 0 Å². The highest BCUT2D eigenvalue weighted by molar-refractivity contribution is 5.94. The first-order valence-corrected chi connectivity index (χ1v) is 7.61. The van der Waals surface area contributed by atoms with Crippen LogP contribution >= 0.6 is 0 Å². The van der Waals surface area contributed by atoms with E-state index in [1.807, 2.05) is 45.0 Å². The van der Waals surface area contributed by atoms with Crippen LogP contribution in [-0.2, 0) is 16.1 Å². The molecule has 0 spiro atoms. The highest BCUT2D eigenvalue weighted by Gasteiger charge is 2.39. The van der Waals surface area contributed by atoms with Gasteiger partial charge in [-0.3, -0.25) is 4.79 Å². The molecule has 2 N–H and O–H groups in total. The minimum absolute atomic E-state index is 0.0738. The number of rotatable bonds is 4. The summed E-state index contributed by atoms with van der Waals surface area (Å²) in [7, 11) is 0. The standard InChI is InChI=1S/C17H24N2O3/c1-11-8-14(11)15(20)19-13-7-5-6-12(9-13)10-18-16(21)22-17(2,3)4/h5-7,9,11,14H,8,10H2,1-4H3,(H,18,21)(H,19,20). The fourth-order valence-electron chi connectivity index (χ4n) is 2.17. The van der Waals surface area contributed by atoms with Crippen LogP contribution in [-0.4, -0.2) is 17.6 Å². The second kappa shape index (κ2) is 6.38. The number of nitrogens with one attached hydrogen (secondary N) is 2. The molecule has 2 amide bonds. The van der Waals surface area contributed by atoms with E-state index in [9.17, 15) is 9.59 Å². The fourth-order valence-corrected chi connectivity index (χ4v) is 2.17. The third-order valence-corrected chi connectivity index (χ3v) is 3.48. The molecule has 120 valence electrons. The number of alkyl carbamates (subject to hydrolysis) is 1. The Kier molecular flexibility index (Phi) is 4.74. The predicted molar refractivity (Wildman–Crippen MR) is 85.4 cm³/mol. The first-order chi connectivity index (χ1) is 10.2. The Hall–Kier alpha value is -2.04. The van der Waals surface area contributed by atoms with Gasteiger partial charge >= 0.3 is 6.09 Å². The molecule has 0 saturated heterocycles. The van der Waals surface area contributed by atoms with Gasteiger partial charge in [0.25, 0.3) is 0 Å². The Bertz CT molecular complexity index is 563. The minimum atomic E-state index is -0.513. The summed E-state index contributed by atoms with van der Waals surface area (Å²) in [6.45, 7) is 7.90. The normalized spacial score (nSPS) is 20.2. The number of hydrogen-bond acceptors (Lipinski definition) is 3. The lowest BCUT2D eigenvalue weighted by atomic mass is 10.2. The van der Waals surface area contributed by atoms with Gasteiger partial charge in [-0.2, -0.15) is 0 Å². The summed E-state index contributed by atoms with van der Waals surface area (Å²) < 4.78 is 5.19. The highest BCUT2D eigenvalue weighted by atomic mass is 16.6. The van der Waals surface area contributed by atoms with E-state index in [1.54, 1.807) is 0 Å². The number of amides is 2. The van der Waals surface area contributed by atoms with Gasteiger partial charge in [-0.25, -0.2) is 4.79 Å². The third kappa shape index (κ3) is 5.06. The van der Waals surface area contributed by atoms with Crippen molar-refractivity contribution in [3.8, 4) is 0 Å². The molecule has 0 aliphatic heterocycles. The summed E-state index contributed by atoms with van der Waals surface area (Å²) in [6.07, 6.45) is 0.514. The van der Waals surface area contributed by atoms with Crippen molar-refractivity contribution in [3.05, 3.63) is 29.8 Å². The molecule has 0 radical (unpaired) electrons. The van der Waals surface area contributed by atoms with Gasteiger partial charge in [-0.1, -0.05) is 19.1 Å². The van der Waals surface area contributed by atoms with E-state index in [1.165, 1.54) is 0 Å². The smallest absolute Gasteiger partial charge is 0.407 e. The summed E-state index contributed by atoms with van der Waals surface area (Å²) in [5.41, 5.74) is 1.15. The molecule has 22 heavy (non-hydrogen) atoms. The van der Waals surface area contributed by atoms with E-state index in [2.05, 4.69) is 17.6 Å². The van der Waals surface area contributed by atoms with Crippen LogP contribution in [0.15, 0.2) is 24.3 Å². The molecule has 2 atom stereocenters. The number of carbonyl (C=O) groups is 2. The van der Waals surface area contributed by atoms with Crippen LogP contribution in [0, 0.1) is 11.8 Å². The lowest BCUT2D eigenvalue weighted by Crippen LogP contribution is -2.32. The van der Waals surface area contributed by atoms with E-state index >= 15 is 0 Å². The average molecular weight is 304 g/mol. The Morgan fingerprint density at radius 2 is 2.00 bits per heavy atom. The van der Waals surface area contributed by atoms with Gasteiger partial charge in [0, 0.05) is 18.2 Å². The number of hydrogen-bond donors (Lipinski definition) is 2. The zero-order valence-electron chi connectivity index (χ0n) is 13.6. The van der Waals surface area contributed by atoms with Crippen LogP contribution in [0.3, 0.4) is 0 Å². The van der Waals surface area contributed by atoms with Crippen LogP contribution in [0.4, 0.5) is 10.5 Å². The van der Waals surface area contributed by atoms with E-state index in [0.29, 0.717) is 12.5 Å². The van der Waals surface area contributed by atoms with Crippen molar-refractivity contribution in [2.24, 2.45) is 11.8 Å². The van der Waals surface area contributed by atoms with Crippen molar-refractivity contribution in [2.45, 2.75) is 46.3 Å². The quantitative estimate of drug-likeness (QED) is 0.896. The highest BCUT2D eigenvalue weighted by Crippen LogP contribution is 2.38. The maximum Gasteiger partial charge on any atom is 0.407 e. The molecule has 1 aromatic carbocycles. The predicted octanol–water partition coefficient (Wildman–Crippen LogP) is 3.31. The van der Waals surface area contributed by atoms with Gasteiger partial charge in [0.1, 0.15) is 5.60 Å². The monoisotopic (exact) mass is 304 g/mol. The molecule has 5 nitrogen and oxygen atoms in total. The minimum Gasteiger partial charge on any atom is -0.444 e. The lowest BCUT2D eigenvalue weighted by Gasteiger charge is -2.19. The van der Waals surface area contributed by atoms with Gasteiger partial charge in [-0.15, -0.1) is 0 Å². The zero-order valence-corrected chi connectivity index (χ0v) is 13.6. The van der Waals surface area contributed by atoms with Crippen LogP contribution in [0.5, 0.6) is 0 Å². The lowest BCUT2D eigenvalue weighted by molar-refractivity contribution is -0.117. The van der Waals surface area contributed by atoms with Crippen molar-refractivity contribution in [2.75, 3.05) is 5.32 Å². The van der Waals surface area contributed by atoms with E-state index in [0.717, 1.165) is 17.7 Å². The average Bonchev–Trinajstić information content (AvgIpc) is 3.12. The number of carbonyl (C=O) groups excluding carboxylic acids is 2. The maximum atomic E-state index is 11.9. The summed E-state index contributed by atoms with van der Waals surface area (Å²) in [5, 5.41) is 5.62. The van der Waals surface area contributed by atoms with Gasteiger partial charge in [-0.05, 0) is 50.8 Å². The van der Waals surface area contributed by atoms with Crippen molar-refractivity contribution >= 4 is 17.7 Å². The Balaban J connectivity index is 1.86. The van der Waals surface area contributed by atoms with Crippen molar-refractivity contribution in [1.29, 1.82) is 0 Å². The van der Waals surface area contributed by atoms with E-state index in [-0.39, 0.29) is 11.8 Å². The first-order valence-electron chi connectivity index (χ1n) is 7.61. The third-order valence-electron chi connectivity index (χ3n) is 3.48. The number of ether oxygens (including phenoxy) is 1. The molecule has 0 aromatic heterocycles. The van der Waals surface area contributed by atoms with Crippen LogP contribution in [0.1, 0.15) is 39.7 Å². The Morgan fingerprint density at radius 3 is 2.59 bits per heavy atom. The largest absolute Gasteiger partial charge is 0.444 e. The molecule has 2 unspecified atom stereocenters. The summed E-state index contributed by atoms with van der Waals surface area (Å²) >= 11 is 0.